The van der Waals surface area contributed by atoms with Crippen LogP contribution in [0, 0.1) is 0 Å². The van der Waals surface area contributed by atoms with Gasteiger partial charge in [-0.05, 0) is 43.7 Å². The van der Waals surface area contributed by atoms with Gasteiger partial charge in [-0.25, -0.2) is 4.98 Å². The third-order valence-electron chi connectivity index (χ3n) is 4.10. The van der Waals surface area contributed by atoms with Gasteiger partial charge in [-0.3, -0.25) is 4.79 Å². The minimum absolute atomic E-state index is 0.0156. The van der Waals surface area contributed by atoms with Crippen LogP contribution < -0.4 is 10.1 Å². The molecule has 1 aromatic heterocycles. The quantitative estimate of drug-likeness (QED) is 0.689. The maximum Gasteiger partial charge on any atom is 0.220 e. The summed E-state index contributed by atoms with van der Waals surface area (Å²) in [6.45, 7) is 4.58. The lowest BCUT2D eigenvalue weighted by Crippen LogP contribution is -2.26. The molecule has 1 unspecified atom stereocenters. The van der Waals surface area contributed by atoms with Crippen LogP contribution in [0.5, 0.6) is 5.75 Å². The molecule has 1 amide bonds. The maximum absolute atomic E-state index is 12.2. The fourth-order valence-electron chi connectivity index (χ4n) is 2.77. The van der Waals surface area contributed by atoms with Gasteiger partial charge in [0.05, 0.1) is 23.7 Å². The molecule has 1 heterocycles. The van der Waals surface area contributed by atoms with Crippen LogP contribution in [0.15, 0.2) is 48.5 Å². The van der Waals surface area contributed by atoms with Gasteiger partial charge in [0.2, 0.25) is 5.91 Å². The van der Waals surface area contributed by atoms with E-state index in [-0.39, 0.29) is 11.9 Å². The second kappa shape index (κ2) is 7.83. The molecule has 0 aliphatic rings. The molecular weight excluding hydrogens is 314 g/mol. The lowest BCUT2D eigenvalue weighted by atomic mass is 10.1. The van der Waals surface area contributed by atoms with E-state index in [1.165, 1.54) is 0 Å². The number of fused-ring (bicyclic) bond motifs is 1. The first-order chi connectivity index (χ1) is 12.2. The first-order valence-electron chi connectivity index (χ1n) is 8.61. The van der Waals surface area contributed by atoms with Gasteiger partial charge >= 0.3 is 0 Å². The normalized spacial score (nSPS) is 12.1. The van der Waals surface area contributed by atoms with E-state index in [1.807, 2.05) is 62.4 Å². The Labute approximate surface area is 147 Å². The molecule has 1 atom stereocenters. The fourth-order valence-corrected chi connectivity index (χ4v) is 2.77. The number of aromatic amines is 1. The van der Waals surface area contributed by atoms with E-state index in [9.17, 15) is 4.79 Å². The first kappa shape index (κ1) is 17.0. The predicted octanol–water partition coefficient (Wildman–Crippen LogP) is 3.77. The van der Waals surface area contributed by atoms with E-state index in [2.05, 4.69) is 15.3 Å². The monoisotopic (exact) mass is 337 g/mol. The third kappa shape index (κ3) is 4.38. The van der Waals surface area contributed by atoms with Crippen LogP contribution in [0.1, 0.15) is 37.7 Å². The summed E-state index contributed by atoms with van der Waals surface area (Å²) in [6, 6.07) is 15.6. The van der Waals surface area contributed by atoms with Crippen molar-refractivity contribution in [3.05, 3.63) is 59.9 Å². The number of benzene rings is 2. The summed E-state index contributed by atoms with van der Waals surface area (Å²) in [5.74, 6) is 1.70. The van der Waals surface area contributed by atoms with Gasteiger partial charge in [0.1, 0.15) is 11.6 Å². The summed E-state index contributed by atoms with van der Waals surface area (Å²) >= 11 is 0. The molecule has 2 N–H and O–H groups in total. The number of ether oxygens (including phenoxy) is 1. The van der Waals surface area contributed by atoms with Crippen molar-refractivity contribution >= 4 is 16.9 Å². The van der Waals surface area contributed by atoms with E-state index in [1.54, 1.807) is 0 Å². The molecule has 25 heavy (non-hydrogen) atoms. The van der Waals surface area contributed by atoms with Crippen LogP contribution in [0.4, 0.5) is 0 Å². The van der Waals surface area contributed by atoms with Gasteiger partial charge in [0, 0.05) is 12.8 Å². The molecule has 5 heteroatoms. The number of aryl methyl sites for hydroxylation is 1. The number of carbonyl (C=O) groups is 1. The average Bonchev–Trinajstić information content (AvgIpc) is 3.04. The van der Waals surface area contributed by atoms with E-state index in [0.717, 1.165) is 28.2 Å². The van der Waals surface area contributed by atoms with Gasteiger partial charge < -0.3 is 15.0 Å². The number of nitrogens with one attached hydrogen (secondary N) is 2. The number of para-hydroxylation sites is 2. The summed E-state index contributed by atoms with van der Waals surface area (Å²) in [7, 11) is 0. The molecular formula is C20H23N3O2. The molecule has 130 valence electrons. The van der Waals surface area contributed by atoms with Crippen molar-refractivity contribution in [2.75, 3.05) is 6.61 Å². The summed E-state index contributed by atoms with van der Waals surface area (Å²) < 4.78 is 5.44. The van der Waals surface area contributed by atoms with Crippen molar-refractivity contribution in [1.29, 1.82) is 0 Å². The highest BCUT2D eigenvalue weighted by Crippen LogP contribution is 2.18. The first-order valence-corrected chi connectivity index (χ1v) is 8.61. The Morgan fingerprint density at radius 2 is 1.96 bits per heavy atom. The number of hydrogen-bond acceptors (Lipinski definition) is 3. The number of hydrogen-bond donors (Lipinski definition) is 2. The van der Waals surface area contributed by atoms with Crippen molar-refractivity contribution in [2.45, 2.75) is 32.7 Å². The SMILES string of the molecule is CCOc1ccc(C(C)NC(=O)CCc2nc3ccccc3[nH]2)cc1. The topological polar surface area (TPSA) is 67.0 Å². The number of nitrogens with zero attached hydrogens (tertiary/aromatic N) is 1. The Balaban J connectivity index is 1.52. The van der Waals surface area contributed by atoms with E-state index in [0.29, 0.717) is 19.4 Å². The lowest BCUT2D eigenvalue weighted by Gasteiger charge is -2.14. The van der Waals surface area contributed by atoms with Gasteiger partial charge in [0.25, 0.3) is 0 Å². The molecule has 0 aliphatic heterocycles. The van der Waals surface area contributed by atoms with Crippen LogP contribution in [0.2, 0.25) is 0 Å². The number of carbonyl (C=O) groups excluding carboxylic acids is 1. The summed E-state index contributed by atoms with van der Waals surface area (Å²) in [6.07, 6.45) is 0.998. The number of aromatic nitrogens is 2. The maximum atomic E-state index is 12.2. The molecule has 0 aliphatic carbocycles. The Bertz CT molecular complexity index is 807. The van der Waals surface area contributed by atoms with Gasteiger partial charge in [-0.2, -0.15) is 0 Å². The van der Waals surface area contributed by atoms with Crippen LogP contribution in [0.3, 0.4) is 0 Å². The Kier molecular flexibility index (Phi) is 5.33. The van der Waals surface area contributed by atoms with E-state index >= 15 is 0 Å². The molecule has 0 spiro atoms. The lowest BCUT2D eigenvalue weighted by molar-refractivity contribution is -0.121. The highest BCUT2D eigenvalue weighted by Gasteiger charge is 2.11. The Hall–Kier alpha value is -2.82. The highest BCUT2D eigenvalue weighted by atomic mass is 16.5. The average molecular weight is 337 g/mol. The van der Waals surface area contributed by atoms with Crippen molar-refractivity contribution < 1.29 is 9.53 Å². The number of rotatable bonds is 7. The zero-order valence-electron chi connectivity index (χ0n) is 14.6. The number of imidazole rings is 1. The molecule has 0 fully saturated rings. The van der Waals surface area contributed by atoms with Crippen molar-refractivity contribution in [3.8, 4) is 5.75 Å². The number of amides is 1. The summed E-state index contributed by atoms with van der Waals surface area (Å²) in [4.78, 5) is 20.0. The fraction of sp³-hybridized carbons (Fsp3) is 0.300. The van der Waals surface area contributed by atoms with Crippen LogP contribution in [-0.4, -0.2) is 22.5 Å². The number of H-pyrrole nitrogens is 1. The minimum atomic E-state index is -0.0427. The zero-order valence-corrected chi connectivity index (χ0v) is 14.6. The highest BCUT2D eigenvalue weighted by molar-refractivity contribution is 5.77. The summed E-state index contributed by atoms with van der Waals surface area (Å²) in [5.41, 5.74) is 2.99. The van der Waals surface area contributed by atoms with E-state index in [4.69, 9.17) is 4.74 Å². The Morgan fingerprint density at radius 1 is 1.20 bits per heavy atom. The second-order valence-corrected chi connectivity index (χ2v) is 5.99. The van der Waals surface area contributed by atoms with Crippen LogP contribution in [0.25, 0.3) is 11.0 Å². The van der Waals surface area contributed by atoms with Gasteiger partial charge in [-0.15, -0.1) is 0 Å². The van der Waals surface area contributed by atoms with Gasteiger partial charge in [0.15, 0.2) is 0 Å². The van der Waals surface area contributed by atoms with Crippen molar-refractivity contribution in [3.63, 3.8) is 0 Å². The molecule has 0 radical (unpaired) electrons. The minimum Gasteiger partial charge on any atom is -0.494 e. The molecule has 0 saturated heterocycles. The van der Waals surface area contributed by atoms with Gasteiger partial charge in [-0.1, -0.05) is 24.3 Å². The molecule has 5 nitrogen and oxygen atoms in total. The largest absolute Gasteiger partial charge is 0.494 e. The Morgan fingerprint density at radius 3 is 2.68 bits per heavy atom. The zero-order chi connectivity index (χ0) is 17.6. The molecule has 3 rings (SSSR count). The molecule has 2 aromatic carbocycles. The van der Waals surface area contributed by atoms with Crippen molar-refractivity contribution in [2.24, 2.45) is 0 Å². The molecule has 0 saturated carbocycles. The standard InChI is InChI=1S/C20H23N3O2/c1-3-25-16-10-8-15(9-11-16)14(2)21-20(24)13-12-19-22-17-6-4-5-7-18(17)23-19/h4-11,14H,3,12-13H2,1-2H3,(H,21,24)(H,22,23). The molecule has 3 aromatic rings. The van der Waals surface area contributed by atoms with Crippen LogP contribution >= 0.6 is 0 Å². The van der Waals surface area contributed by atoms with Crippen molar-refractivity contribution in [1.82, 2.24) is 15.3 Å². The predicted molar refractivity (Wildman–Crippen MR) is 98.6 cm³/mol. The summed E-state index contributed by atoms with van der Waals surface area (Å²) in [5, 5.41) is 3.03. The smallest absolute Gasteiger partial charge is 0.220 e. The van der Waals surface area contributed by atoms with E-state index < -0.39 is 0 Å². The molecule has 0 bridgehead atoms. The van der Waals surface area contributed by atoms with Crippen LogP contribution in [-0.2, 0) is 11.2 Å². The third-order valence-corrected chi connectivity index (χ3v) is 4.10. The second-order valence-electron chi connectivity index (χ2n) is 5.99.